The van der Waals surface area contributed by atoms with Gasteiger partial charge in [-0.25, -0.2) is 4.79 Å². The first-order valence-corrected chi connectivity index (χ1v) is 6.44. The Hall–Kier alpha value is -0.640. The highest BCUT2D eigenvalue weighted by Crippen LogP contribution is 2.20. The van der Waals surface area contributed by atoms with Crippen LogP contribution in [0.15, 0.2) is 10.6 Å². The van der Waals surface area contributed by atoms with E-state index in [2.05, 4.69) is 13.8 Å². The van der Waals surface area contributed by atoms with Crippen LogP contribution >= 0.6 is 11.8 Å². The Labute approximate surface area is 103 Å². The van der Waals surface area contributed by atoms with Crippen LogP contribution in [0.25, 0.3) is 0 Å². The molecule has 0 aliphatic rings. The Balaban J connectivity index is 4.44. The minimum Gasteiger partial charge on any atom is -0.457 e. The third-order valence-corrected chi connectivity index (χ3v) is 3.10. The largest absolute Gasteiger partial charge is 0.457 e. The molecule has 0 aliphatic carbocycles. The van der Waals surface area contributed by atoms with Gasteiger partial charge in [0, 0.05) is 5.75 Å². The summed E-state index contributed by atoms with van der Waals surface area (Å²) in [6.45, 7) is 11.5. The summed E-state index contributed by atoms with van der Waals surface area (Å²) in [6, 6.07) is 0. The van der Waals surface area contributed by atoms with Gasteiger partial charge in [-0.3, -0.25) is 0 Å². The molecular weight excluding hydrogens is 222 g/mol. The van der Waals surface area contributed by atoms with Crippen molar-refractivity contribution in [2.45, 2.75) is 47.1 Å². The molecule has 0 aliphatic heterocycles. The van der Waals surface area contributed by atoms with E-state index in [0.29, 0.717) is 16.5 Å². The molecular formula is C12H23NO2S. The number of carbonyl (C=O) groups is 1. The van der Waals surface area contributed by atoms with E-state index in [-0.39, 0.29) is 5.97 Å². The van der Waals surface area contributed by atoms with Crippen molar-refractivity contribution in [1.82, 2.24) is 0 Å². The molecule has 0 aromatic rings. The molecule has 0 unspecified atom stereocenters. The molecule has 0 heterocycles. The van der Waals surface area contributed by atoms with Crippen LogP contribution < -0.4 is 5.73 Å². The van der Waals surface area contributed by atoms with Crippen molar-refractivity contribution in [2.75, 3.05) is 5.75 Å². The van der Waals surface area contributed by atoms with E-state index >= 15 is 0 Å². The molecule has 4 heteroatoms. The smallest absolute Gasteiger partial charge is 0.336 e. The number of rotatable bonds is 4. The van der Waals surface area contributed by atoms with Gasteiger partial charge < -0.3 is 10.5 Å². The first-order chi connectivity index (χ1) is 7.13. The lowest BCUT2D eigenvalue weighted by molar-refractivity contribution is -0.149. The van der Waals surface area contributed by atoms with Crippen molar-refractivity contribution in [3.05, 3.63) is 10.6 Å². The first kappa shape index (κ1) is 15.4. The number of hydrogen-bond acceptors (Lipinski definition) is 4. The third kappa shape index (κ3) is 6.77. The zero-order chi connectivity index (χ0) is 12.9. The predicted octanol–water partition coefficient (Wildman–Crippen LogP) is 2.91. The van der Waals surface area contributed by atoms with E-state index in [1.807, 2.05) is 20.8 Å². The van der Waals surface area contributed by atoms with E-state index in [4.69, 9.17) is 10.5 Å². The Bertz CT molecular complexity index is 277. The molecule has 0 aromatic heterocycles. The SMILES string of the molecule is C/C(C(=O)OC(C)(C)C)=C(/N)SCC(C)C. The van der Waals surface area contributed by atoms with Crippen LogP contribution in [0.2, 0.25) is 0 Å². The van der Waals surface area contributed by atoms with Gasteiger partial charge in [0.05, 0.1) is 10.6 Å². The van der Waals surface area contributed by atoms with Crippen LogP contribution in [0.1, 0.15) is 41.5 Å². The Kier molecular flexibility index (Phi) is 5.94. The van der Waals surface area contributed by atoms with Gasteiger partial charge in [-0.15, -0.1) is 11.8 Å². The van der Waals surface area contributed by atoms with Gasteiger partial charge in [0.2, 0.25) is 0 Å². The van der Waals surface area contributed by atoms with E-state index in [9.17, 15) is 4.79 Å². The van der Waals surface area contributed by atoms with Gasteiger partial charge in [0.15, 0.2) is 0 Å². The summed E-state index contributed by atoms with van der Waals surface area (Å²) in [4.78, 5) is 11.7. The zero-order valence-corrected chi connectivity index (χ0v) is 11.9. The number of ether oxygens (including phenoxy) is 1. The summed E-state index contributed by atoms with van der Waals surface area (Å²) >= 11 is 1.50. The number of carbonyl (C=O) groups excluding carboxylic acids is 1. The second-order valence-corrected chi connectivity index (χ2v) is 6.26. The topological polar surface area (TPSA) is 52.3 Å². The molecule has 0 saturated carbocycles. The van der Waals surface area contributed by atoms with Gasteiger partial charge >= 0.3 is 5.97 Å². The molecule has 0 rings (SSSR count). The first-order valence-electron chi connectivity index (χ1n) is 5.46. The second kappa shape index (κ2) is 6.18. The molecule has 3 nitrogen and oxygen atoms in total. The van der Waals surface area contributed by atoms with Gasteiger partial charge in [0.25, 0.3) is 0 Å². The standard InChI is InChI=1S/C12H23NO2S/c1-8(2)7-16-10(13)9(3)11(14)15-12(4,5)6/h8H,7,13H2,1-6H3/b10-9+. The molecule has 0 amide bonds. The Morgan fingerprint density at radius 2 is 1.88 bits per heavy atom. The summed E-state index contributed by atoms with van der Waals surface area (Å²) in [7, 11) is 0. The average Bonchev–Trinajstić information content (AvgIpc) is 2.10. The number of hydrogen-bond donors (Lipinski definition) is 1. The van der Waals surface area contributed by atoms with E-state index < -0.39 is 5.60 Å². The summed E-state index contributed by atoms with van der Waals surface area (Å²) < 4.78 is 5.24. The van der Waals surface area contributed by atoms with E-state index in [0.717, 1.165) is 5.75 Å². The number of nitrogens with two attached hydrogens (primary N) is 1. The van der Waals surface area contributed by atoms with Crippen molar-refractivity contribution < 1.29 is 9.53 Å². The molecule has 0 aromatic carbocycles. The van der Waals surface area contributed by atoms with Crippen molar-refractivity contribution in [3.8, 4) is 0 Å². The quantitative estimate of drug-likeness (QED) is 0.611. The molecule has 16 heavy (non-hydrogen) atoms. The van der Waals surface area contributed by atoms with E-state index in [1.54, 1.807) is 6.92 Å². The zero-order valence-electron chi connectivity index (χ0n) is 11.1. The normalized spacial score (nSPS) is 13.7. The number of esters is 1. The van der Waals surface area contributed by atoms with Crippen LogP contribution in [0.4, 0.5) is 0 Å². The lowest BCUT2D eigenvalue weighted by Crippen LogP contribution is -2.25. The minimum absolute atomic E-state index is 0.332. The molecule has 0 bridgehead atoms. The van der Waals surface area contributed by atoms with Crippen LogP contribution in [-0.4, -0.2) is 17.3 Å². The maximum atomic E-state index is 11.7. The van der Waals surface area contributed by atoms with Crippen molar-refractivity contribution in [3.63, 3.8) is 0 Å². The maximum absolute atomic E-state index is 11.7. The summed E-state index contributed by atoms with van der Waals surface area (Å²) in [5.74, 6) is 1.13. The molecule has 0 spiro atoms. The fourth-order valence-corrected chi connectivity index (χ4v) is 1.63. The molecule has 0 fully saturated rings. The van der Waals surface area contributed by atoms with Crippen LogP contribution in [0.5, 0.6) is 0 Å². The maximum Gasteiger partial charge on any atom is 0.336 e. The molecule has 0 atom stereocenters. The van der Waals surface area contributed by atoms with Crippen molar-refractivity contribution >= 4 is 17.7 Å². The third-order valence-electron chi connectivity index (χ3n) is 1.65. The van der Waals surface area contributed by atoms with Crippen molar-refractivity contribution in [1.29, 1.82) is 0 Å². The Morgan fingerprint density at radius 1 is 1.38 bits per heavy atom. The highest BCUT2D eigenvalue weighted by Gasteiger charge is 2.19. The highest BCUT2D eigenvalue weighted by atomic mass is 32.2. The highest BCUT2D eigenvalue weighted by molar-refractivity contribution is 8.03. The lowest BCUT2D eigenvalue weighted by atomic mass is 10.2. The lowest BCUT2D eigenvalue weighted by Gasteiger charge is -2.20. The van der Waals surface area contributed by atoms with Crippen LogP contribution in [0.3, 0.4) is 0 Å². The summed E-state index contributed by atoms with van der Waals surface area (Å²) in [6.07, 6.45) is 0. The fraction of sp³-hybridized carbons (Fsp3) is 0.750. The molecule has 0 saturated heterocycles. The average molecular weight is 245 g/mol. The second-order valence-electron chi connectivity index (χ2n) is 5.20. The van der Waals surface area contributed by atoms with Crippen LogP contribution in [0, 0.1) is 5.92 Å². The van der Waals surface area contributed by atoms with Crippen LogP contribution in [-0.2, 0) is 9.53 Å². The van der Waals surface area contributed by atoms with Gasteiger partial charge in [-0.05, 0) is 33.6 Å². The fourth-order valence-electron chi connectivity index (χ4n) is 0.820. The number of thioether (sulfide) groups is 1. The molecule has 94 valence electrons. The van der Waals surface area contributed by atoms with Gasteiger partial charge in [0.1, 0.15) is 5.60 Å². The molecule has 2 N–H and O–H groups in total. The predicted molar refractivity (Wildman–Crippen MR) is 70.0 cm³/mol. The monoisotopic (exact) mass is 245 g/mol. The van der Waals surface area contributed by atoms with Gasteiger partial charge in [-0.1, -0.05) is 13.8 Å². The van der Waals surface area contributed by atoms with Crippen molar-refractivity contribution in [2.24, 2.45) is 11.7 Å². The molecule has 0 radical (unpaired) electrons. The summed E-state index contributed by atoms with van der Waals surface area (Å²) in [5, 5.41) is 0.558. The van der Waals surface area contributed by atoms with Gasteiger partial charge in [-0.2, -0.15) is 0 Å². The summed E-state index contributed by atoms with van der Waals surface area (Å²) in [5.41, 5.74) is 5.86. The Morgan fingerprint density at radius 3 is 2.25 bits per heavy atom. The van der Waals surface area contributed by atoms with E-state index in [1.165, 1.54) is 11.8 Å². The minimum atomic E-state index is -0.471.